The molecular formula is C35H52N2O3. The summed E-state index contributed by atoms with van der Waals surface area (Å²) in [6.07, 6.45) is 10.6. The van der Waals surface area contributed by atoms with E-state index in [9.17, 15) is 15.2 Å². The van der Waals surface area contributed by atoms with Gasteiger partial charge >= 0.3 is 0 Å². The topological polar surface area (TPSA) is 73.6 Å². The molecule has 0 spiro atoms. The molecule has 0 radical (unpaired) electrons. The lowest BCUT2D eigenvalue weighted by Gasteiger charge is -2.70. The average molecular weight is 549 g/mol. The first kappa shape index (κ1) is 28.5. The molecule has 220 valence electrons. The first-order chi connectivity index (χ1) is 18.6. The molecule has 3 saturated carbocycles. The number of ether oxygens (including phenoxy) is 1. The van der Waals surface area contributed by atoms with Gasteiger partial charge < -0.3 is 9.84 Å². The molecule has 6 aliphatic rings. The number of carbonyl (C=O) groups excluding carboxylic acids is 1. The summed E-state index contributed by atoms with van der Waals surface area (Å²) >= 11 is 0. The maximum absolute atomic E-state index is 14.7. The van der Waals surface area contributed by atoms with E-state index >= 15 is 0 Å². The normalized spacial score (nSPS) is 46.3. The van der Waals surface area contributed by atoms with E-state index in [0.717, 1.165) is 58.5 Å². The number of allylic oxidation sites excluding steroid dienone is 4. The number of fused-ring (bicyclic) bond motifs is 7. The smallest absolute Gasteiger partial charge is 0.159 e. The average Bonchev–Trinajstić information content (AvgIpc) is 2.89. The van der Waals surface area contributed by atoms with E-state index in [1.54, 1.807) is 0 Å². The molecule has 4 fully saturated rings. The first-order valence-corrected chi connectivity index (χ1v) is 16.0. The summed E-state index contributed by atoms with van der Waals surface area (Å²) in [4.78, 5) is 17.3. The number of ketones is 1. The monoisotopic (exact) mass is 548 g/mol. The zero-order valence-corrected chi connectivity index (χ0v) is 26.2. The van der Waals surface area contributed by atoms with E-state index in [4.69, 9.17) is 4.74 Å². The SMILES string of the molecule is CC1(C)CC[C@]2(CN3CCOCC3)CC[C@]3(C)[C@H](C(=O)C=C4[C@@]5(C)CC(C#N)=C(O)C(C)(C)[C@@H]5CC[C@]43C)[C@@H]2C1. The van der Waals surface area contributed by atoms with Gasteiger partial charge in [-0.3, -0.25) is 9.69 Å². The Morgan fingerprint density at radius 2 is 1.70 bits per heavy atom. The van der Waals surface area contributed by atoms with E-state index < -0.39 is 5.41 Å². The van der Waals surface area contributed by atoms with E-state index in [1.165, 1.54) is 24.8 Å². The summed E-state index contributed by atoms with van der Waals surface area (Å²) in [5, 5.41) is 21.1. The number of morpholine rings is 1. The summed E-state index contributed by atoms with van der Waals surface area (Å²) in [7, 11) is 0. The molecule has 0 bridgehead atoms. The number of hydrogen-bond acceptors (Lipinski definition) is 5. The first-order valence-electron chi connectivity index (χ1n) is 16.0. The molecular weight excluding hydrogens is 496 g/mol. The van der Waals surface area contributed by atoms with Crippen molar-refractivity contribution in [2.75, 3.05) is 32.8 Å². The van der Waals surface area contributed by atoms with Crippen LogP contribution in [0.2, 0.25) is 0 Å². The van der Waals surface area contributed by atoms with E-state index in [1.807, 2.05) is 0 Å². The second-order valence-corrected chi connectivity index (χ2v) is 16.8. The summed E-state index contributed by atoms with van der Waals surface area (Å²) in [5.74, 6) is 1.27. The lowest BCUT2D eigenvalue weighted by Crippen LogP contribution is -2.66. The third-order valence-electron chi connectivity index (χ3n) is 13.9. The molecule has 0 amide bonds. The maximum atomic E-state index is 14.7. The van der Waals surface area contributed by atoms with Crippen molar-refractivity contribution in [1.82, 2.24) is 4.90 Å². The van der Waals surface area contributed by atoms with Crippen molar-refractivity contribution in [1.29, 1.82) is 5.26 Å². The van der Waals surface area contributed by atoms with Crippen LogP contribution in [0.25, 0.3) is 0 Å². The van der Waals surface area contributed by atoms with Crippen molar-refractivity contribution in [3.8, 4) is 6.07 Å². The van der Waals surface area contributed by atoms with Gasteiger partial charge in [-0.25, -0.2) is 0 Å². The molecule has 7 atom stereocenters. The van der Waals surface area contributed by atoms with E-state index in [-0.39, 0.29) is 44.7 Å². The van der Waals surface area contributed by atoms with Gasteiger partial charge in [-0.2, -0.15) is 5.26 Å². The molecule has 5 nitrogen and oxygen atoms in total. The molecule has 5 aliphatic carbocycles. The fourth-order valence-electron chi connectivity index (χ4n) is 11.5. The predicted molar refractivity (Wildman–Crippen MR) is 157 cm³/mol. The molecule has 5 heteroatoms. The van der Waals surface area contributed by atoms with Gasteiger partial charge in [0.25, 0.3) is 0 Å². The molecule has 40 heavy (non-hydrogen) atoms. The molecule has 1 heterocycles. The minimum Gasteiger partial charge on any atom is -0.511 e. The molecule has 0 aromatic heterocycles. The zero-order valence-electron chi connectivity index (χ0n) is 26.2. The van der Waals surface area contributed by atoms with Gasteiger partial charge in [-0.15, -0.1) is 0 Å². The summed E-state index contributed by atoms with van der Waals surface area (Å²) < 4.78 is 5.69. The number of nitrogens with zero attached hydrogens (tertiary/aromatic N) is 2. The highest BCUT2D eigenvalue weighted by atomic mass is 16.5. The maximum Gasteiger partial charge on any atom is 0.159 e. The summed E-state index contributed by atoms with van der Waals surface area (Å²) in [5.41, 5.74) is 1.27. The van der Waals surface area contributed by atoms with Gasteiger partial charge in [-0.1, -0.05) is 54.0 Å². The Morgan fingerprint density at radius 3 is 2.38 bits per heavy atom. The van der Waals surface area contributed by atoms with Gasteiger partial charge in [-0.05, 0) is 96.4 Å². The highest BCUT2D eigenvalue weighted by molar-refractivity contribution is 5.95. The number of hydrogen-bond donors (Lipinski definition) is 1. The van der Waals surface area contributed by atoms with E-state index in [0.29, 0.717) is 23.7 Å². The van der Waals surface area contributed by atoms with Crippen LogP contribution >= 0.6 is 0 Å². The Kier molecular flexibility index (Phi) is 6.36. The standard InChI is InChI=1S/C35H52N2O3/c1-30(2)10-12-35(22-37-14-16-40-17-15-37)13-11-34(7)28(24(35)20-30)25(38)18-27-32(5)19-23(21-36)29(39)31(3,4)26(32)8-9-33(27,34)6/h18,24,26,28,39H,8-17,19-20,22H2,1-7H3/t24-,26-,28-,32-,33+,34+,35+/m0/s1. The summed E-state index contributed by atoms with van der Waals surface area (Å²) in [6.45, 7) is 21.1. The van der Waals surface area contributed by atoms with Crippen molar-refractivity contribution in [2.45, 2.75) is 99.8 Å². The van der Waals surface area contributed by atoms with Crippen LogP contribution in [0, 0.1) is 61.6 Å². The van der Waals surface area contributed by atoms with Crippen LogP contribution in [0.15, 0.2) is 23.0 Å². The van der Waals surface area contributed by atoms with Crippen molar-refractivity contribution >= 4 is 5.78 Å². The van der Waals surface area contributed by atoms with Crippen LogP contribution in [-0.2, 0) is 9.53 Å². The molecule has 6 rings (SSSR count). The van der Waals surface area contributed by atoms with Gasteiger partial charge in [0.1, 0.15) is 5.76 Å². The van der Waals surface area contributed by atoms with Gasteiger partial charge in [0, 0.05) is 31.0 Å². The Bertz CT molecular complexity index is 1200. The minimum absolute atomic E-state index is 0.0479. The number of aliphatic hydroxyl groups is 1. The lowest BCUT2D eigenvalue weighted by atomic mass is 9.34. The van der Waals surface area contributed by atoms with Gasteiger partial charge in [0.2, 0.25) is 0 Å². The van der Waals surface area contributed by atoms with Gasteiger partial charge in [0.15, 0.2) is 5.78 Å². The molecule has 0 aromatic rings. The van der Waals surface area contributed by atoms with Crippen LogP contribution in [0.4, 0.5) is 0 Å². The van der Waals surface area contributed by atoms with Crippen LogP contribution in [0.5, 0.6) is 0 Å². The molecule has 0 unspecified atom stereocenters. The quantitative estimate of drug-likeness (QED) is 0.394. The Hall–Kier alpha value is -1.64. The molecule has 1 aliphatic heterocycles. The fraction of sp³-hybridized carbons (Fsp3) is 0.829. The number of aliphatic hydroxyl groups excluding tert-OH is 1. The van der Waals surface area contributed by atoms with E-state index in [2.05, 4.69) is 65.5 Å². The molecule has 1 saturated heterocycles. The zero-order chi connectivity index (χ0) is 28.9. The third kappa shape index (κ3) is 3.73. The van der Waals surface area contributed by atoms with Crippen LogP contribution in [0.3, 0.4) is 0 Å². The van der Waals surface area contributed by atoms with Crippen molar-refractivity contribution in [3.05, 3.63) is 23.0 Å². The Morgan fingerprint density at radius 1 is 1.02 bits per heavy atom. The highest BCUT2D eigenvalue weighted by Crippen LogP contribution is 2.75. The molecule has 0 aromatic carbocycles. The summed E-state index contributed by atoms with van der Waals surface area (Å²) in [6, 6.07) is 2.35. The van der Waals surface area contributed by atoms with Gasteiger partial charge in [0.05, 0.1) is 24.9 Å². The number of nitriles is 1. The van der Waals surface area contributed by atoms with Crippen molar-refractivity contribution in [3.63, 3.8) is 0 Å². The van der Waals surface area contributed by atoms with Crippen molar-refractivity contribution < 1.29 is 14.6 Å². The second kappa shape index (κ2) is 8.93. The van der Waals surface area contributed by atoms with Crippen LogP contribution < -0.4 is 0 Å². The minimum atomic E-state index is -0.478. The van der Waals surface area contributed by atoms with Crippen molar-refractivity contribution in [2.24, 2.45) is 50.2 Å². The Balaban J connectivity index is 1.45. The third-order valence-corrected chi connectivity index (χ3v) is 13.9. The fourth-order valence-corrected chi connectivity index (χ4v) is 11.5. The second-order valence-electron chi connectivity index (χ2n) is 16.8. The number of carbonyl (C=O) groups is 1. The Labute approximate surface area is 242 Å². The number of rotatable bonds is 2. The predicted octanol–water partition coefficient (Wildman–Crippen LogP) is 7.24. The molecule has 1 N–H and O–H groups in total. The highest BCUT2D eigenvalue weighted by Gasteiger charge is 2.69. The van der Waals surface area contributed by atoms with Crippen LogP contribution in [-0.4, -0.2) is 48.6 Å². The van der Waals surface area contributed by atoms with Crippen LogP contribution in [0.1, 0.15) is 99.8 Å². The lowest BCUT2D eigenvalue weighted by molar-refractivity contribution is -0.177. The largest absolute Gasteiger partial charge is 0.511 e.